The number of hydrogen-bond acceptors (Lipinski definition) is 1. The highest BCUT2D eigenvalue weighted by Gasteiger charge is 2.34. The summed E-state index contributed by atoms with van der Waals surface area (Å²) in [5.74, 6) is 0.204. The minimum Gasteiger partial charge on any atom is -0.300 e. The Labute approximate surface area is 219 Å². The van der Waals surface area contributed by atoms with Gasteiger partial charge in [0.1, 0.15) is 5.78 Å². The van der Waals surface area contributed by atoms with Crippen molar-refractivity contribution in [2.45, 2.75) is 104 Å². The van der Waals surface area contributed by atoms with Gasteiger partial charge in [0.25, 0.3) is 0 Å². The third-order valence-electron chi connectivity index (χ3n) is 9.09. The Morgan fingerprint density at radius 1 is 0.806 bits per heavy atom. The van der Waals surface area contributed by atoms with Gasteiger partial charge >= 0.3 is 0 Å². The number of hydrogen-bond donors (Lipinski definition) is 0. The molecule has 0 aliphatic heterocycles. The van der Waals surface area contributed by atoms with Crippen LogP contribution in [0.5, 0.6) is 0 Å². The molecule has 1 saturated carbocycles. The second-order valence-electron chi connectivity index (χ2n) is 11.5. The average molecular weight is 481 g/mol. The molecule has 1 aliphatic carbocycles. The van der Waals surface area contributed by atoms with E-state index in [1.54, 1.807) is 12.5 Å². The maximum absolute atomic E-state index is 11.5. The molecule has 0 N–H and O–H groups in total. The molecule has 0 unspecified atom stereocenters. The molecule has 0 heterocycles. The average Bonchev–Trinajstić information content (AvgIpc) is 2.86. The minimum atomic E-state index is 0.0192. The van der Waals surface area contributed by atoms with Crippen LogP contribution in [-0.2, 0) is 22.0 Å². The number of rotatable bonds is 8. The maximum Gasteiger partial charge on any atom is 0.134 e. The largest absolute Gasteiger partial charge is 0.300 e. The highest BCUT2D eigenvalue weighted by atomic mass is 16.1. The van der Waals surface area contributed by atoms with Crippen molar-refractivity contribution in [1.29, 1.82) is 0 Å². The van der Waals surface area contributed by atoms with E-state index in [0.717, 1.165) is 18.4 Å². The van der Waals surface area contributed by atoms with Gasteiger partial charge in [-0.25, -0.2) is 0 Å². The van der Waals surface area contributed by atoms with E-state index in [2.05, 4.69) is 95.3 Å². The normalized spacial score (nSPS) is 15.6. The molecular formula is C35H44O. The zero-order valence-electron chi connectivity index (χ0n) is 23.3. The summed E-state index contributed by atoms with van der Waals surface area (Å²) < 4.78 is 0. The van der Waals surface area contributed by atoms with Crippen molar-refractivity contribution in [3.63, 3.8) is 0 Å². The predicted octanol–water partition coefficient (Wildman–Crippen LogP) is 9.43. The van der Waals surface area contributed by atoms with Gasteiger partial charge in [-0.3, -0.25) is 4.79 Å². The lowest BCUT2D eigenvalue weighted by Crippen LogP contribution is -2.29. The van der Waals surface area contributed by atoms with Crippen molar-refractivity contribution < 1.29 is 4.79 Å². The molecule has 0 bridgehead atoms. The standard InChI is InChI=1S/C35H44O/c1-7-35(8-2,31-17-19-33(26(4)23-31)34(6)20-10-9-11-21-34)30-16-18-32(25(3)22-30)29-14-12-28(13-15-29)24-27(5)36/h12-19,22-23H,7-11,20-21,24H2,1-6H3. The first-order valence-electron chi connectivity index (χ1n) is 14.0. The second kappa shape index (κ2) is 10.8. The van der Waals surface area contributed by atoms with E-state index in [0.29, 0.717) is 11.8 Å². The first-order valence-corrected chi connectivity index (χ1v) is 14.0. The summed E-state index contributed by atoms with van der Waals surface area (Å²) in [7, 11) is 0. The third kappa shape index (κ3) is 5.08. The van der Waals surface area contributed by atoms with Gasteiger partial charge in [0, 0.05) is 11.8 Å². The molecule has 1 nitrogen and oxygen atoms in total. The van der Waals surface area contributed by atoms with Crippen LogP contribution in [0.2, 0.25) is 0 Å². The quantitative estimate of drug-likeness (QED) is 0.314. The Morgan fingerprint density at radius 3 is 1.92 bits per heavy atom. The van der Waals surface area contributed by atoms with Crippen molar-refractivity contribution >= 4 is 5.78 Å². The Morgan fingerprint density at radius 2 is 1.39 bits per heavy atom. The Balaban J connectivity index is 1.68. The summed E-state index contributed by atoms with van der Waals surface area (Å²) >= 11 is 0. The number of carbonyl (C=O) groups is 1. The second-order valence-corrected chi connectivity index (χ2v) is 11.5. The van der Waals surface area contributed by atoms with Gasteiger partial charge in [0.2, 0.25) is 0 Å². The fraction of sp³-hybridized carbons (Fsp3) is 0.457. The zero-order chi connectivity index (χ0) is 25.9. The van der Waals surface area contributed by atoms with Gasteiger partial charge in [-0.15, -0.1) is 0 Å². The molecule has 0 radical (unpaired) electrons. The fourth-order valence-corrected chi connectivity index (χ4v) is 6.85. The van der Waals surface area contributed by atoms with Crippen molar-refractivity contribution in [3.8, 4) is 11.1 Å². The maximum atomic E-state index is 11.5. The molecule has 0 saturated heterocycles. The van der Waals surface area contributed by atoms with Gasteiger partial charge in [0.05, 0.1) is 0 Å². The minimum absolute atomic E-state index is 0.0192. The SMILES string of the molecule is CCC(CC)(c1ccc(-c2ccc(CC(C)=O)cc2)c(C)c1)c1ccc(C2(C)CCCCC2)c(C)c1. The number of carbonyl (C=O) groups excluding carboxylic acids is 1. The number of aryl methyl sites for hydroxylation is 2. The molecule has 4 rings (SSSR count). The van der Waals surface area contributed by atoms with Crippen LogP contribution in [0.4, 0.5) is 0 Å². The van der Waals surface area contributed by atoms with Crippen LogP contribution in [0.1, 0.15) is 106 Å². The summed E-state index contributed by atoms with van der Waals surface area (Å²) in [6.07, 6.45) is 9.40. The number of benzene rings is 3. The molecule has 0 spiro atoms. The lowest BCUT2D eigenvalue weighted by Gasteiger charge is -2.38. The first-order chi connectivity index (χ1) is 17.2. The van der Waals surface area contributed by atoms with E-state index in [9.17, 15) is 4.79 Å². The summed E-state index contributed by atoms with van der Waals surface area (Å²) in [5, 5.41) is 0. The van der Waals surface area contributed by atoms with E-state index < -0.39 is 0 Å². The van der Waals surface area contributed by atoms with E-state index in [1.807, 2.05) is 0 Å². The smallest absolute Gasteiger partial charge is 0.134 e. The highest BCUT2D eigenvalue weighted by molar-refractivity contribution is 5.78. The molecule has 1 fully saturated rings. The molecule has 0 atom stereocenters. The van der Waals surface area contributed by atoms with Crippen LogP contribution in [0.15, 0.2) is 60.7 Å². The predicted molar refractivity (Wildman–Crippen MR) is 154 cm³/mol. The zero-order valence-corrected chi connectivity index (χ0v) is 23.3. The van der Waals surface area contributed by atoms with E-state index in [1.165, 1.54) is 65.5 Å². The molecule has 0 aromatic heterocycles. The molecule has 190 valence electrons. The molecule has 1 heteroatoms. The van der Waals surface area contributed by atoms with Crippen LogP contribution in [0, 0.1) is 13.8 Å². The van der Waals surface area contributed by atoms with Crippen molar-refractivity contribution in [2.24, 2.45) is 0 Å². The number of Topliss-reactive ketones (excluding diaryl/α,β-unsaturated/α-hetero) is 1. The Bertz CT molecular complexity index is 1200. The highest BCUT2D eigenvalue weighted by Crippen LogP contribution is 2.44. The van der Waals surface area contributed by atoms with Crippen LogP contribution >= 0.6 is 0 Å². The molecule has 0 amide bonds. The molecule has 3 aromatic rings. The van der Waals surface area contributed by atoms with Crippen molar-refractivity contribution in [1.82, 2.24) is 0 Å². The molecule has 1 aliphatic rings. The Kier molecular flexibility index (Phi) is 7.88. The van der Waals surface area contributed by atoms with Gasteiger partial charge < -0.3 is 0 Å². The summed E-state index contributed by atoms with van der Waals surface area (Å²) in [5.41, 5.74) is 11.1. The summed E-state index contributed by atoms with van der Waals surface area (Å²) in [4.78, 5) is 11.5. The van der Waals surface area contributed by atoms with Crippen molar-refractivity contribution in [3.05, 3.63) is 94.0 Å². The van der Waals surface area contributed by atoms with Gasteiger partial charge in [0.15, 0.2) is 0 Å². The number of ketones is 1. The van der Waals surface area contributed by atoms with E-state index in [4.69, 9.17) is 0 Å². The monoisotopic (exact) mass is 480 g/mol. The van der Waals surface area contributed by atoms with Crippen LogP contribution in [0.3, 0.4) is 0 Å². The summed E-state index contributed by atoms with van der Waals surface area (Å²) in [6.45, 7) is 13.4. The third-order valence-corrected chi connectivity index (χ3v) is 9.09. The van der Waals surface area contributed by atoms with Crippen molar-refractivity contribution in [2.75, 3.05) is 0 Å². The van der Waals surface area contributed by atoms with Crippen LogP contribution < -0.4 is 0 Å². The van der Waals surface area contributed by atoms with E-state index >= 15 is 0 Å². The van der Waals surface area contributed by atoms with Gasteiger partial charge in [-0.1, -0.05) is 101 Å². The first kappa shape index (κ1) is 26.4. The fourth-order valence-electron chi connectivity index (χ4n) is 6.85. The molecular weight excluding hydrogens is 436 g/mol. The molecule has 3 aromatic carbocycles. The van der Waals surface area contributed by atoms with Gasteiger partial charge in [-0.2, -0.15) is 0 Å². The van der Waals surface area contributed by atoms with Gasteiger partial charge in [-0.05, 0) is 96.4 Å². The lowest BCUT2D eigenvalue weighted by molar-refractivity contribution is -0.116. The lowest BCUT2D eigenvalue weighted by atomic mass is 9.66. The van der Waals surface area contributed by atoms with Crippen LogP contribution in [-0.4, -0.2) is 5.78 Å². The topological polar surface area (TPSA) is 17.1 Å². The molecule has 36 heavy (non-hydrogen) atoms. The summed E-state index contributed by atoms with van der Waals surface area (Å²) in [6, 6.07) is 22.9. The van der Waals surface area contributed by atoms with Crippen LogP contribution in [0.25, 0.3) is 11.1 Å². The van der Waals surface area contributed by atoms with E-state index in [-0.39, 0.29) is 11.2 Å². The Hall–Kier alpha value is -2.67.